The topological polar surface area (TPSA) is 71.6 Å². The van der Waals surface area contributed by atoms with E-state index in [1.165, 1.54) is 0 Å². The lowest BCUT2D eigenvalue weighted by Gasteiger charge is -2.20. The quantitative estimate of drug-likeness (QED) is 0.292. The van der Waals surface area contributed by atoms with E-state index >= 15 is 0 Å². The first-order chi connectivity index (χ1) is 17.0. The van der Waals surface area contributed by atoms with E-state index in [-0.39, 0.29) is 0 Å². The number of imidazole rings is 1. The number of ether oxygens (including phenoxy) is 2. The summed E-state index contributed by atoms with van der Waals surface area (Å²) in [5, 5.41) is 14.4. The van der Waals surface area contributed by atoms with Gasteiger partial charge in [-0.15, -0.1) is 0 Å². The van der Waals surface area contributed by atoms with Crippen LogP contribution in [0.1, 0.15) is 22.3 Å². The molecule has 5 aromatic rings. The largest absolute Gasteiger partial charge is 0.497 e. The fraction of sp³-hybridized carbons (Fsp3) is 0.143. The molecule has 0 bridgehead atoms. The molecule has 0 atom stereocenters. The number of hydrogen-bond donors (Lipinski definition) is 1. The molecule has 6 nitrogen and oxygen atoms in total. The summed E-state index contributed by atoms with van der Waals surface area (Å²) in [6.07, 6.45) is 0.592. The summed E-state index contributed by atoms with van der Waals surface area (Å²) < 4.78 is 13.1. The summed E-state index contributed by atoms with van der Waals surface area (Å²) in [5.74, 6) is 2.18. The van der Waals surface area contributed by atoms with Crippen LogP contribution in [0.25, 0.3) is 16.7 Å². The highest BCUT2D eigenvalue weighted by Crippen LogP contribution is 2.37. The normalized spacial score (nSPS) is 10.9. The van der Waals surface area contributed by atoms with E-state index in [1.54, 1.807) is 14.2 Å². The van der Waals surface area contributed by atoms with Crippen molar-refractivity contribution in [1.82, 2.24) is 9.38 Å². The zero-order chi connectivity index (χ0) is 24.5. The molecule has 0 aliphatic heterocycles. The Morgan fingerprint density at radius 2 is 1.80 bits per heavy atom. The van der Waals surface area contributed by atoms with Gasteiger partial charge >= 0.3 is 0 Å². The van der Waals surface area contributed by atoms with Gasteiger partial charge in [-0.05, 0) is 54.4 Å². The van der Waals surface area contributed by atoms with Gasteiger partial charge in [0.05, 0.1) is 36.5 Å². The van der Waals surface area contributed by atoms with Crippen molar-refractivity contribution in [3.8, 4) is 17.6 Å². The van der Waals surface area contributed by atoms with E-state index in [0.29, 0.717) is 34.2 Å². The van der Waals surface area contributed by atoms with Crippen molar-refractivity contribution >= 4 is 39.8 Å². The van der Waals surface area contributed by atoms with Crippen LogP contribution in [-0.4, -0.2) is 23.6 Å². The van der Waals surface area contributed by atoms with Crippen molar-refractivity contribution in [1.29, 1.82) is 5.26 Å². The van der Waals surface area contributed by atoms with Crippen LogP contribution in [0.2, 0.25) is 5.02 Å². The molecule has 174 valence electrons. The van der Waals surface area contributed by atoms with Crippen molar-refractivity contribution in [2.45, 2.75) is 13.3 Å². The standard InChI is InChI=1S/C28H23ClN4O2/c1-17-21(14-18-8-10-19(29)11-9-18)27(32-24-15-20(34-2)12-13-26(24)35-3)33-25-7-5-4-6-23(25)31-28(33)22(17)16-30/h4-13,15,32H,14H2,1-3H3. The molecule has 1 N–H and O–H groups in total. The summed E-state index contributed by atoms with van der Waals surface area (Å²) in [6, 6.07) is 23.6. The lowest BCUT2D eigenvalue weighted by Crippen LogP contribution is -2.09. The number of benzene rings is 3. The number of nitriles is 1. The van der Waals surface area contributed by atoms with Crippen molar-refractivity contribution in [3.63, 3.8) is 0 Å². The molecule has 0 aliphatic rings. The van der Waals surface area contributed by atoms with Gasteiger partial charge in [-0.25, -0.2) is 4.98 Å². The molecule has 0 amide bonds. The van der Waals surface area contributed by atoms with Gasteiger partial charge in [0.1, 0.15) is 23.4 Å². The van der Waals surface area contributed by atoms with E-state index < -0.39 is 0 Å². The summed E-state index contributed by atoms with van der Waals surface area (Å²) in [5.41, 5.74) is 6.54. The van der Waals surface area contributed by atoms with Crippen molar-refractivity contribution in [3.05, 3.63) is 94.0 Å². The molecule has 35 heavy (non-hydrogen) atoms. The maximum absolute atomic E-state index is 10.1. The van der Waals surface area contributed by atoms with E-state index in [0.717, 1.165) is 39.2 Å². The summed E-state index contributed by atoms with van der Waals surface area (Å²) in [6.45, 7) is 1.97. The first kappa shape index (κ1) is 22.6. The highest BCUT2D eigenvalue weighted by molar-refractivity contribution is 6.30. The van der Waals surface area contributed by atoms with Crippen molar-refractivity contribution < 1.29 is 9.47 Å². The number of para-hydroxylation sites is 2. The van der Waals surface area contributed by atoms with Crippen LogP contribution in [0.4, 0.5) is 11.5 Å². The highest BCUT2D eigenvalue weighted by Gasteiger charge is 2.22. The van der Waals surface area contributed by atoms with Crippen molar-refractivity contribution in [2.24, 2.45) is 0 Å². The summed E-state index contributed by atoms with van der Waals surface area (Å²) in [7, 11) is 3.26. The van der Waals surface area contributed by atoms with E-state index in [2.05, 4.69) is 11.4 Å². The molecule has 0 radical (unpaired) electrons. The van der Waals surface area contributed by atoms with Crippen LogP contribution in [0.15, 0.2) is 66.7 Å². The Bertz CT molecular complexity index is 1600. The molecule has 0 saturated carbocycles. The Labute approximate surface area is 208 Å². The van der Waals surface area contributed by atoms with Gasteiger partial charge < -0.3 is 14.8 Å². The van der Waals surface area contributed by atoms with Gasteiger partial charge in [-0.2, -0.15) is 5.26 Å². The van der Waals surface area contributed by atoms with Crippen LogP contribution < -0.4 is 14.8 Å². The third-order valence-electron chi connectivity index (χ3n) is 6.19. The zero-order valence-electron chi connectivity index (χ0n) is 19.6. The average Bonchev–Trinajstić information content (AvgIpc) is 3.26. The maximum atomic E-state index is 10.1. The van der Waals surface area contributed by atoms with Gasteiger partial charge in [-0.3, -0.25) is 4.40 Å². The highest BCUT2D eigenvalue weighted by atomic mass is 35.5. The summed E-state index contributed by atoms with van der Waals surface area (Å²) >= 11 is 6.13. The number of aromatic nitrogens is 2. The van der Waals surface area contributed by atoms with Crippen LogP contribution >= 0.6 is 11.6 Å². The average molecular weight is 483 g/mol. The number of nitrogens with one attached hydrogen (secondary N) is 1. The molecule has 2 heterocycles. The number of anilines is 2. The van der Waals surface area contributed by atoms with Crippen LogP contribution in [0, 0.1) is 18.3 Å². The second-order valence-corrected chi connectivity index (χ2v) is 8.63. The first-order valence-corrected chi connectivity index (χ1v) is 11.5. The Hall–Kier alpha value is -4.21. The molecular formula is C28H23ClN4O2. The number of methoxy groups -OCH3 is 2. The number of fused-ring (bicyclic) bond motifs is 3. The fourth-order valence-electron chi connectivity index (χ4n) is 4.38. The number of rotatable bonds is 6. The predicted molar refractivity (Wildman–Crippen MR) is 139 cm³/mol. The predicted octanol–water partition coefficient (Wildman–Crippen LogP) is 6.67. The lowest BCUT2D eigenvalue weighted by atomic mass is 9.97. The van der Waals surface area contributed by atoms with E-state index in [4.69, 9.17) is 26.1 Å². The van der Waals surface area contributed by atoms with Crippen molar-refractivity contribution in [2.75, 3.05) is 19.5 Å². The molecule has 0 fully saturated rings. The monoisotopic (exact) mass is 482 g/mol. The number of nitrogens with zero attached hydrogens (tertiary/aromatic N) is 3. The summed E-state index contributed by atoms with van der Waals surface area (Å²) in [4.78, 5) is 4.81. The zero-order valence-corrected chi connectivity index (χ0v) is 20.3. The van der Waals surface area contributed by atoms with Gasteiger partial charge in [0, 0.05) is 23.1 Å². The van der Waals surface area contributed by atoms with Gasteiger partial charge in [0.15, 0.2) is 5.65 Å². The molecule has 7 heteroatoms. The second kappa shape index (κ2) is 9.21. The van der Waals surface area contributed by atoms with Gasteiger partial charge in [0.2, 0.25) is 0 Å². The number of pyridine rings is 1. The molecule has 3 aromatic carbocycles. The Kier molecular flexibility index (Phi) is 5.94. The third-order valence-corrected chi connectivity index (χ3v) is 6.44. The Morgan fingerprint density at radius 3 is 2.51 bits per heavy atom. The van der Waals surface area contributed by atoms with Crippen LogP contribution in [0.5, 0.6) is 11.5 Å². The van der Waals surface area contributed by atoms with Crippen LogP contribution in [-0.2, 0) is 6.42 Å². The SMILES string of the molecule is COc1ccc(OC)c(Nc2c(Cc3ccc(Cl)cc3)c(C)c(C#N)c3nc4ccccc4n23)c1. The maximum Gasteiger partial charge on any atom is 0.157 e. The third kappa shape index (κ3) is 4.01. The molecular weight excluding hydrogens is 460 g/mol. The van der Waals surface area contributed by atoms with E-state index in [1.807, 2.05) is 78.1 Å². The second-order valence-electron chi connectivity index (χ2n) is 8.19. The minimum atomic E-state index is 0.549. The van der Waals surface area contributed by atoms with Crippen LogP contribution in [0.3, 0.4) is 0 Å². The Balaban J connectivity index is 1.83. The molecule has 0 spiro atoms. The lowest BCUT2D eigenvalue weighted by molar-refractivity contribution is 0.405. The van der Waals surface area contributed by atoms with Gasteiger partial charge in [0.25, 0.3) is 0 Å². The molecule has 0 unspecified atom stereocenters. The molecule has 0 aliphatic carbocycles. The first-order valence-electron chi connectivity index (χ1n) is 11.1. The Morgan fingerprint density at radius 1 is 1.03 bits per heavy atom. The van der Waals surface area contributed by atoms with Gasteiger partial charge in [-0.1, -0.05) is 35.9 Å². The minimum Gasteiger partial charge on any atom is -0.497 e. The molecule has 5 rings (SSSR count). The number of hydrogen-bond acceptors (Lipinski definition) is 5. The van der Waals surface area contributed by atoms with E-state index in [9.17, 15) is 5.26 Å². The molecule has 2 aromatic heterocycles. The smallest absolute Gasteiger partial charge is 0.157 e. The molecule has 0 saturated heterocycles. The fourth-order valence-corrected chi connectivity index (χ4v) is 4.50. The number of halogens is 1. The minimum absolute atomic E-state index is 0.549.